The maximum Gasteiger partial charge on any atom is 0.573 e. The van der Waals surface area contributed by atoms with Crippen molar-refractivity contribution in [3.8, 4) is 5.75 Å². The van der Waals surface area contributed by atoms with Crippen molar-refractivity contribution >= 4 is 29.4 Å². The van der Waals surface area contributed by atoms with Crippen molar-refractivity contribution in [1.82, 2.24) is 10.6 Å². The van der Waals surface area contributed by atoms with Gasteiger partial charge in [-0.3, -0.25) is 4.79 Å². The molecule has 3 rings (SSSR count). The van der Waals surface area contributed by atoms with Crippen LogP contribution in [0.5, 0.6) is 5.75 Å². The van der Waals surface area contributed by atoms with E-state index in [4.69, 9.17) is 0 Å². The molecular weight excluding hydrogens is 383 g/mol. The summed E-state index contributed by atoms with van der Waals surface area (Å²) in [6.45, 7) is 0. The van der Waals surface area contributed by atoms with Gasteiger partial charge in [0.15, 0.2) is 0 Å². The molecular formula is C17H20F3N3O3S. The minimum atomic E-state index is -4.74. The van der Waals surface area contributed by atoms with E-state index in [9.17, 15) is 22.8 Å². The second-order valence-corrected chi connectivity index (χ2v) is 7.76. The summed E-state index contributed by atoms with van der Waals surface area (Å²) in [6.07, 6.45) is -1.92. The molecule has 3 N–H and O–H groups in total. The van der Waals surface area contributed by atoms with E-state index in [1.165, 1.54) is 12.1 Å². The first-order chi connectivity index (χ1) is 12.8. The fraction of sp³-hybridized carbons (Fsp3) is 0.529. The van der Waals surface area contributed by atoms with Crippen LogP contribution in [-0.2, 0) is 4.79 Å². The number of thioether (sulfide) groups is 1. The number of urea groups is 1. The predicted molar refractivity (Wildman–Crippen MR) is 95.7 cm³/mol. The molecule has 148 valence electrons. The number of carbonyl (C=O) groups excluding carboxylic acids is 2. The number of carbonyl (C=O) groups is 2. The third kappa shape index (κ3) is 5.69. The number of halogens is 3. The quantitative estimate of drug-likeness (QED) is 0.482. The zero-order valence-corrected chi connectivity index (χ0v) is 15.2. The molecule has 2 aliphatic rings. The Hall–Kier alpha value is -2.10. The number of anilines is 1. The van der Waals surface area contributed by atoms with Crippen molar-refractivity contribution in [2.45, 2.75) is 49.4 Å². The lowest BCUT2D eigenvalue weighted by atomic mass is 10.0. The van der Waals surface area contributed by atoms with Crippen LogP contribution in [0, 0.1) is 0 Å². The molecule has 10 heteroatoms. The summed E-state index contributed by atoms with van der Waals surface area (Å²) in [5.74, 6) is 0.386. The van der Waals surface area contributed by atoms with Gasteiger partial charge in [0.05, 0.1) is 12.1 Å². The Morgan fingerprint density at radius 3 is 2.67 bits per heavy atom. The number of hydrogen-bond acceptors (Lipinski definition) is 4. The average Bonchev–Trinajstić information content (AvgIpc) is 3.12. The van der Waals surface area contributed by atoms with Gasteiger partial charge in [-0.2, -0.15) is 11.8 Å². The minimum Gasteiger partial charge on any atom is -0.406 e. The van der Waals surface area contributed by atoms with Crippen molar-refractivity contribution in [3.63, 3.8) is 0 Å². The fourth-order valence-corrected chi connectivity index (χ4v) is 4.78. The molecule has 0 saturated carbocycles. The third-order valence-electron chi connectivity index (χ3n) is 4.45. The zero-order chi connectivity index (χ0) is 19.4. The largest absolute Gasteiger partial charge is 0.573 e. The number of amides is 3. The number of benzene rings is 1. The molecule has 0 bridgehead atoms. The standard InChI is InChI=1S/C17H20F3N3O3S/c18-17(19,20)26-11-7-5-10(6-8-11)21-14(24)4-2-1-3-13-15-12(9-27-13)22-16(25)23-15/h5-8,12-13,15H,1-4,9H2,(H,21,24)(H2,22,23,25)/t12-,13+,15-/m1/s1. The Labute approximate surface area is 158 Å². The Kier molecular flexibility index (Phi) is 6.03. The number of hydrogen-bond donors (Lipinski definition) is 3. The molecule has 0 aromatic heterocycles. The number of nitrogens with one attached hydrogen (secondary N) is 3. The molecule has 3 amide bonds. The smallest absolute Gasteiger partial charge is 0.406 e. The van der Waals surface area contributed by atoms with Crippen LogP contribution in [0.4, 0.5) is 23.7 Å². The van der Waals surface area contributed by atoms with E-state index in [1.54, 1.807) is 0 Å². The van der Waals surface area contributed by atoms with E-state index >= 15 is 0 Å². The van der Waals surface area contributed by atoms with Gasteiger partial charge < -0.3 is 20.7 Å². The summed E-state index contributed by atoms with van der Waals surface area (Å²) in [7, 11) is 0. The fourth-order valence-electron chi connectivity index (χ4n) is 3.24. The van der Waals surface area contributed by atoms with Crippen LogP contribution >= 0.6 is 11.8 Å². The summed E-state index contributed by atoms with van der Waals surface area (Å²) >= 11 is 1.83. The van der Waals surface area contributed by atoms with Crippen molar-refractivity contribution in [2.24, 2.45) is 0 Å². The van der Waals surface area contributed by atoms with Crippen molar-refractivity contribution < 1.29 is 27.5 Å². The van der Waals surface area contributed by atoms with Crippen LogP contribution in [0.1, 0.15) is 25.7 Å². The Morgan fingerprint density at radius 1 is 1.22 bits per heavy atom. The lowest BCUT2D eigenvalue weighted by Gasteiger charge is -2.16. The maximum atomic E-state index is 12.1. The average molecular weight is 403 g/mol. The molecule has 0 aliphatic carbocycles. The van der Waals surface area contributed by atoms with E-state index in [0.29, 0.717) is 23.8 Å². The summed E-state index contributed by atoms with van der Waals surface area (Å²) in [5.41, 5.74) is 0.420. The van der Waals surface area contributed by atoms with Gasteiger partial charge in [0.25, 0.3) is 0 Å². The third-order valence-corrected chi connectivity index (χ3v) is 5.96. The van der Waals surface area contributed by atoms with Crippen LogP contribution in [0.2, 0.25) is 0 Å². The highest BCUT2D eigenvalue weighted by Crippen LogP contribution is 2.33. The first-order valence-corrected chi connectivity index (χ1v) is 9.69. The van der Waals surface area contributed by atoms with E-state index in [0.717, 1.165) is 30.7 Å². The van der Waals surface area contributed by atoms with E-state index in [1.807, 2.05) is 11.8 Å². The Morgan fingerprint density at radius 2 is 1.96 bits per heavy atom. The minimum absolute atomic E-state index is 0.110. The molecule has 0 spiro atoms. The lowest BCUT2D eigenvalue weighted by Crippen LogP contribution is -2.36. The van der Waals surface area contributed by atoms with Gasteiger partial charge in [-0.15, -0.1) is 13.2 Å². The predicted octanol–water partition coefficient (Wildman–Crippen LogP) is 3.25. The van der Waals surface area contributed by atoms with E-state index in [2.05, 4.69) is 20.7 Å². The van der Waals surface area contributed by atoms with Crippen LogP contribution in [-0.4, -0.2) is 41.4 Å². The van der Waals surface area contributed by atoms with Gasteiger partial charge >= 0.3 is 12.4 Å². The summed E-state index contributed by atoms with van der Waals surface area (Å²) in [5, 5.41) is 8.84. The molecule has 2 aliphatic heterocycles. The summed E-state index contributed by atoms with van der Waals surface area (Å²) < 4.78 is 40.1. The Balaban J connectivity index is 1.34. The molecule has 1 aromatic rings. The summed E-state index contributed by atoms with van der Waals surface area (Å²) in [6, 6.07) is 5.28. The molecule has 27 heavy (non-hydrogen) atoms. The Bertz CT molecular complexity index is 684. The molecule has 0 radical (unpaired) electrons. The highest BCUT2D eigenvalue weighted by Gasteiger charge is 2.42. The van der Waals surface area contributed by atoms with Gasteiger partial charge in [-0.1, -0.05) is 6.42 Å². The lowest BCUT2D eigenvalue weighted by molar-refractivity contribution is -0.274. The molecule has 2 fully saturated rings. The molecule has 0 unspecified atom stereocenters. The number of rotatable bonds is 7. The molecule has 3 atom stereocenters. The normalized spacial score (nSPS) is 24.1. The first kappa shape index (κ1) is 19.7. The van der Waals surface area contributed by atoms with E-state index in [-0.39, 0.29) is 29.8 Å². The van der Waals surface area contributed by atoms with Crippen LogP contribution in [0.25, 0.3) is 0 Å². The number of ether oxygens (including phenoxy) is 1. The number of alkyl halides is 3. The first-order valence-electron chi connectivity index (χ1n) is 8.64. The number of unbranched alkanes of at least 4 members (excludes halogenated alkanes) is 1. The molecule has 6 nitrogen and oxygen atoms in total. The van der Waals surface area contributed by atoms with Crippen LogP contribution in [0.15, 0.2) is 24.3 Å². The van der Waals surface area contributed by atoms with Gasteiger partial charge in [0.1, 0.15) is 5.75 Å². The van der Waals surface area contributed by atoms with Crippen molar-refractivity contribution in [1.29, 1.82) is 0 Å². The van der Waals surface area contributed by atoms with Gasteiger partial charge in [-0.05, 0) is 37.1 Å². The second-order valence-electron chi connectivity index (χ2n) is 6.49. The molecule has 1 aromatic carbocycles. The summed E-state index contributed by atoms with van der Waals surface area (Å²) in [4.78, 5) is 23.3. The van der Waals surface area contributed by atoms with Crippen LogP contribution < -0.4 is 20.7 Å². The SMILES string of the molecule is O=C(CCCC[C@@H]1SC[C@H]2NC(=O)N[C@@H]12)Nc1ccc(OC(F)(F)F)cc1. The topological polar surface area (TPSA) is 79.5 Å². The van der Waals surface area contributed by atoms with Crippen LogP contribution in [0.3, 0.4) is 0 Å². The van der Waals surface area contributed by atoms with Crippen molar-refractivity contribution in [3.05, 3.63) is 24.3 Å². The highest BCUT2D eigenvalue weighted by atomic mass is 32.2. The van der Waals surface area contributed by atoms with Gasteiger partial charge in [-0.25, -0.2) is 4.79 Å². The zero-order valence-electron chi connectivity index (χ0n) is 14.3. The molecule has 2 saturated heterocycles. The van der Waals surface area contributed by atoms with Gasteiger partial charge in [0.2, 0.25) is 5.91 Å². The van der Waals surface area contributed by atoms with Gasteiger partial charge in [0, 0.05) is 23.1 Å². The van der Waals surface area contributed by atoms with E-state index < -0.39 is 6.36 Å². The van der Waals surface area contributed by atoms with Crippen molar-refractivity contribution in [2.75, 3.05) is 11.1 Å². The monoisotopic (exact) mass is 403 g/mol. The number of fused-ring (bicyclic) bond motifs is 1. The highest BCUT2D eigenvalue weighted by molar-refractivity contribution is 8.00. The molecule has 2 heterocycles. The second kappa shape index (κ2) is 8.28. The maximum absolute atomic E-state index is 12.1.